The first kappa shape index (κ1) is 24.1. The van der Waals surface area contributed by atoms with E-state index in [1.165, 1.54) is 4.90 Å². The van der Waals surface area contributed by atoms with Crippen LogP contribution in [0.15, 0.2) is 36.4 Å². The van der Waals surface area contributed by atoms with Gasteiger partial charge in [-0.1, -0.05) is 39.0 Å². The standard InChI is InChI=1S/C23H32N4O4/c1-6-26(21(29)13-14-22(30)31-7-2)16-20(28)24-19-15-18(23(3,4)5)25-27(19)17-11-9-8-10-12-17/h8-12,15H,6-7,13-14,16H2,1-5H3,(H,24,28). The number of hydrogen-bond acceptors (Lipinski definition) is 5. The van der Waals surface area contributed by atoms with Gasteiger partial charge in [-0.15, -0.1) is 0 Å². The lowest BCUT2D eigenvalue weighted by atomic mass is 9.92. The Morgan fingerprint density at radius 2 is 1.77 bits per heavy atom. The zero-order chi connectivity index (χ0) is 23.0. The van der Waals surface area contributed by atoms with Crippen molar-refractivity contribution in [1.29, 1.82) is 0 Å². The molecule has 2 rings (SSSR count). The van der Waals surface area contributed by atoms with Crippen molar-refractivity contribution in [1.82, 2.24) is 14.7 Å². The summed E-state index contributed by atoms with van der Waals surface area (Å²) in [7, 11) is 0. The van der Waals surface area contributed by atoms with Gasteiger partial charge in [-0.25, -0.2) is 4.68 Å². The van der Waals surface area contributed by atoms with Gasteiger partial charge in [0.2, 0.25) is 11.8 Å². The van der Waals surface area contributed by atoms with Crippen LogP contribution in [0, 0.1) is 0 Å². The third kappa shape index (κ3) is 6.94. The van der Waals surface area contributed by atoms with Gasteiger partial charge in [0.05, 0.1) is 31.0 Å². The van der Waals surface area contributed by atoms with Crippen molar-refractivity contribution in [2.75, 3.05) is 25.0 Å². The Hall–Kier alpha value is -3.16. The summed E-state index contributed by atoms with van der Waals surface area (Å²) in [6.07, 6.45) is 0.0105. The minimum atomic E-state index is -0.419. The first-order valence-corrected chi connectivity index (χ1v) is 10.5. The number of hydrogen-bond donors (Lipinski definition) is 1. The summed E-state index contributed by atoms with van der Waals surface area (Å²) in [6, 6.07) is 11.4. The van der Waals surface area contributed by atoms with Crippen molar-refractivity contribution in [2.45, 2.75) is 52.9 Å². The molecule has 1 heterocycles. The summed E-state index contributed by atoms with van der Waals surface area (Å²) in [5.41, 5.74) is 1.47. The number of likely N-dealkylation sites (N-methyl/N-ethyl adjacent to an activating group) is 1. The van der Waals surface area contributed by atoms with Crippen molar-refractivity contribution < 1.29 is 19.1 Å². The Labute approximate surface area is 183 Å². The van der Waals surface area contributed by atoms with Gasteiger partial charge in [0.15, 0.2) is 0 Å². The van der Waals surface area contributed by atoms with E-state index in [0.717, 1.165) is 11.4 Å². The molecule has 0 fully saturated rings. The van der Waals surface area contributed by atoms with Crippen molar-refractivity contribution >= 4 is 23.6 Å². The molecule has 8 nitrogen and oxygen atoms in total. The predicted octanol–water partition coefficient (Wildman–Crippen LogP) is 3.30. The highest BCUT2D eigenvalue weighted by Crippen LogP contribution is 2.26. The molecule has 0 aliphatic carbocycles. The molecule has 168 valence electrons. The molecule has 0 bridgehead atoms. The molecule has 8 heteroatoms. The van der Waals surface area contributed by atoms with Crippen LogP contribution in [-0.2, 0) is 24.5 Å². The van der Waals surface area contributed by atoms with Crippen LogP contribution in [0.4, 0.5) is 5.82 Å². The molecular formula is C23H32N4O4. The van der Waals surface area contributed by atoms with E-state index in [-0.39, 0.29) is 43.2 Å². The Kier molecular flexibility index (Phi) is 8.36. The largest absolute Gasteiger partial charge is 0.466 e. The summed E-state index contributed by atoms with van der Waals surface area (Å²) < 4.78 is 6.54. The van der Waals surface area contributed by atoms with Gasteiger partial charge < -0.3 is 15.0 Å². The molecule has 0 unspecified atom stereocenters. The lowest BCUT2D eigenvalue weighted by Gasteiger charge is -2.20. The number of benzene rings is 1. The monoisotopic (exact) mass is 428 g/mol. The fourth-order valence-corrected chi connectivity index (χ4v) is 2.93. The molecule has 31 heavy (non-hydrogen) atoms. The maximum absolute atomic E-state index is 12.7. The van der Waals surface area contributed by atoms with Gasteiger partial charge in [-0.3, -0.25) is 14.4 Å². The van der Waals surface area contributed by atoms with E-state index in [4.69, 9.17) is 4.74 Å². The minimum Gasteiger partial charge on any atom is -0.466 e. The van der Waals surface area contributed by atoms with E-state index in [2.05, 4.69) is 31.2 Å². The number of carbonyl (C=O) groups is 3. The van der Waals surface area contributed by atoms with Crippen molar-refractivity contribution in [3.05, 3.63) is 42.1 Å². The van der Waals surface area contributed by atoms with Gasteiger partial charge in [-0.2, -0.15) is 5.10 Å². The quantitative estimate of drug-likeness (QED) is 0.619. The molecule has 0 saturated carbocycles. The lowest BCUT2D eigenvalue weighted by Crippen LogP contribution is -2.38. The molecule has 0 radical (unpaired) electrons. The highest BCUT2D eigenvalue weighted by molar-refractivity contribution is 5.94. The molecule has 2 aromatic rings. The highest BCUT2D eigenvalue weighted by Gasteiger charge is 2.23. The molecular weight excluding hydrogens is 396 g/mol. The predicted molar refractivity (Wildman–Crippen MR) is 119 cm³/mol. The van der Waals surface area contributed by atoms with Crippen molar-refractivity contribution in [3.63, 3.8) is 0 Å². The number of para-hydroxylation sites is 1. The number of aromatic nitrogens is 2. The van der Waals surface area contributed by atoms with Crippen LogP contribution in [0.2, 0.25) is 0 Å². The normalized spacial score (nSPS) is 11.1. The summed E-state index contributed by atoms with van der Waals surface area (Å²) in [4.78, 5) is 38.1. The van der Waals surface area contributed by atoms with Gasteiger partial charge in [0, 0.05) is 24.4 Å². The third-order valence-electron chi connectivity index (χ3n) is 4.66. The number of ether oxygens (including phenoxy) is 1. The van der Waals surface area contributed by atoms with Crippen LogP contribution < -0.4 is 5.32 Å². The molecule has 2 amide bonds. The molecule has 1 aromatic heterocycles. The topological polar surface area (TPSA) is 93.5 Å². The maximum atomic E-state index is 12.7. The molecule has 0 spiro atoms. The van der Waals surface area contributed by atoms with Gasteiger partial charge in [0.1, 0.15) is 5.82 Å². The number of amides is 2. The third-order valence-corrected chi connectivity index (χ3v) is 4.66. The second kappa shape index (κ2) is 10.7. The van der Waals surface area contributed by atoms with E-state index in [1.54, 1.807) is 18.5 Å². The van der Waals surface area contributed by atoms with Crippen LogP contribution >= 0.6 is 0 Å². The zero-order valence-electron chi connectivity index (χ0n) is 19.0. The zero-order valence-corrected chi connectivity index (χ0v) is 19.0. The fraction of sp³-hybridized carbons (Fsp3) is 0.478. The lowest BCUT2D eigenvalue weighted by molar-refractivity contribution is -0.145. The van der Waals surface area contributed by atoms with Gasteiger partial charge in [0.25, 0.3) is 0 Å². The number of nitrogens with one attached hydrogen (secondary N) is 1. The summed E-state index contributed by atoms with van der Waals surface area (Å²) in [5, 5.41) is 7.56. The molecule has 1 aromatic carbocycles. The number of anilines is 1. The summed E-state index contributed by atoms with van der Waals surface area (Å²) in [6.45, 7) is 10.2. The van der Waals surface area contributed by atoms with Gasteiger partial charge >= 0.3 is 5.97 Å². The average molecular weight is 429 g/mol. The molecule has 0 atom stereocenters. The summed E-state index contributed by atoms with van der Waals surface area (Å²) >= 11 is 0. The van der Waals surface area contributed by atoms with E-state index in [1.807, 2.05) is 36.4 Å². The smallest absolute Gasteiger partial charge is 0.306 e. The van der Waals surface area contributed by atoms with E-state index in [9.17, 15) is 14.4 Å². The number of rotatable bonds is 9. The number of esters is 1. The van der Waals surface area contributed by atoms with Crippen LogP contribution in [0.3, 0.4) is 0 Å². The second-order valence-electron chi connectivity index (χ2n) is 8.17. The molecule has 1 N–H and O–H groups in total. The average Bonchev–Trinajstić information content (AvgIpc) is 3.15. The first-order chi connectivity index (χ1) is 14.7. The number of nitrogens with zero attached hydrogens (tertiary/aromatic N) is 3. The maximum Gasteiger partial charge on any atom is 0.306 e. The van der Waals surface area contributed by atoms with E-state index < -0.39 is 5.97 Å². The number of carbonyl (C=O) groups excluding carboxylic acids is 3. The van der Waals surface area contributed by atoms with Crippen LogP contribution in [0.5, 0.6) is 0 Å². The molecule has 0 aliphatic rings. The first-order valence-electron chi connectivity index (χ1n) is 10.5. The Morgan fingerprint density at radius 3 is 2.35 bits per heavy atom. The fourth-order valence-electron chi connectivity index (χ4n) is 2.93. The Balaban J connectivity index is 2.12. The van der Waals surface area contributed by atoms with Crippen molar-refractivity contribution in [3.8, 4) is 5.69 Å². The highest BCUT2D eigenvalue weighted by atomic mass is 16.5. The van der Waals surface area contributed by atoms with Gasteiger partial charge in [-0.05, 0) is 26.0 Å². The van der Waals surface area contributed by atoms with E-state index in [0.29, 0.717) is 12.4 Å². The van der Waals surface area contributed by atoms with Crippen molar-refractivity contribution in [2.24, 2.45) is 0 Å². The van der Waals surface area contributed by atoms with Crippen LogP contribution in [0.25, 0.3) is 5.69 Å². The summed E-state index contributed by atoms with van der Waals surface area (Å²) in [5.74, 6) is -0.476. The SMILES string of the molecule is CCOC(=O)CCC(=O)N(CC)CC(=O)Nc1cc(C(C)(C)C)nn1-c1ccccc1. The van der Waals surface area contributed by atoms with Crippen LogP contribution in [-0.4, -0.2) is 52.2 Å². The Bertz CT molecular complexity index is 900. The van der Waals surface area contributed by atoms with E-state index >= 15 is 0 Å². The minimum absolute atomic E-state index is 0.000509. The van der Waals surface area contributed by atoms with Crippen LogP contribution in [0.1, 0.15) is 53.2 Å². The molecule has 0 aliphatic heterocycles. The second-order valence-corrected chi connectivity index (χ2v) is 8.17. The molecule has 0 saturated heterocycles. The Morgan fingerprint density at radius 1 is 1.10 bits per heavy atom.